The average Bonchev–Trinajstić information content (AvgIpc) is 2.81. The van der Waals surface area contributed by atoms with E-state index in [0.717, 1.165) is 52.4 Å². The van der Waals surface area contributed by atoms with Gasteiger partial charge in [0, 0.05) is 24.5 Å². The van der Waals surface area contributed by atoms with Crippen molar-refractivity contribution in [1.29, 1.82) is 0 Å². The minimum atomic E-state index is 0.309. The second kappa shape index (κ2) is 6.09. The number of methoxy groups -OCH3 is 3. The van der Waals surface area contributed by atoms with Gasteiger partial charge in [-0.05, 0) is 17.7 Å². The molecule has 2 aliphatic rings. The number of hydrogen-bond donors (Lipinski definition) is 0. The highest BCUT2D eigenvalue weighted by Crippen LogP contribution is 2.51. The molecule has 1 unspecified atom stereocenters. The predicted molar refractivity (Wildman–Crippen MR) is 99.7 cm³/mol. The minimum Gasteiger partial charge on any atom is -0.493 e. The Morgan fingerprint density at radius 1 is 0.923 bits per heavy atom. The number of ether oxygens (including phenoxy) is 4. The van der Waals surface area contributed by atoms with Gasteiger partial charge in [-0.1, -0.05) is 6.07 Å². The number of benzene rings is 2. The maximum absolute atomic E-state index is 6.44. The molecule has 138 valence electrons. The molecule has 2 aromatic rings. The fourth-order valence-electron chi connectivity index (χ4n) is 4.21. The van der Waals surface area contributed by atoms with Crippen molar-refractivity contribution in [2.45, 2.75) is 18.9 Å². The molecule has 0 aromatic heterocycles. The fraction of sp³-hybridized carbons (Fsp3) is 0.429. The SMILES string of the molecule is COc1cc2c(cc1OC)Oc1c(OC)ccc3c1C(C2)[N+](C)(C)CC3. The summed E-state index contributed by atoms with van der Waals surface area (Å²) in [7, 11) is 9.59. The second-order valence-electron chi connectivity index (χ2n) is 7.56. The van der Waals surface area contributed by atoms with Crippen LogP contribution in [-0.4, -0.2) is 46.5 Å². The molecule has 4 rings (SSSR count). The summed E-state index contributed by atoms with van der Waals surface area (Å²) in [4.78, 5) is 0. The van der Waals surface area contributed by atoms with Crippen LogP contribution < -0.4 is 18.9 Å². The molecular weight excluding hydrogens is 330 g/mol. The largest absolute Gasteiger partial charge is 0.493 e. The molecule has 0 spiro atoms. The molecule has 0 amide bonds. The lowest BCUT2D eigenvalue weighted by molar-refractivity contribution is -0.923. The van der Waals surface area contributed by atoms with Crippen LogP contribution in [0.15, 0.2) is 24.3 Å². The Bertz CT molecular complexity index is 860. The summed E-state index contributed by atoms with van der Waals surface area (Å²) in [6, 6.07) is 8.47. The summed E-state index contributed by atoms with van der Waals surface area (Å²) >= 11 is 0. The standard InChI is InChI=1S/C21H26NO4/c1-22(2)9-8-13-6-7-16(23-3)21-20(13)15(22)10-14-11-18(24-4)19(25-5)12-17(14)26-21/h6-7,11-12,15H,8-10H2,1-5H3/q+1. The first kappa shape index (κ1) is 17.0. The smallest absolute Gasteiger partial charge is 0.178 e. The van der Waals surface area contributed by atoms with Crippen LogP contribution in [0.5, 0.6) is 28.7 Å². The number of nitrogens with zero attached hydrogens (tertiary/aromatic N) is 1. The second-order valence-corrected chi connectivity index (χ2v) is 7.56. The van der Waals surface area contributed by atoms with Crippen LogP contribution in [0.4, 0.5) is 0 Å². The van der Waals surface area contributed by atoms with Crippen LogP contribution in [0.2, 0.25) is 0 Å². The van der Waals surface area contributed by atoms with Crippen molar-refractivity contribution in [3.05, 3.63) is 41.0 Å². The molecule has 0 radical (unpaired) electrons. The lowest BCUT2D eigenvalue weighted by Gasteiger charge is -2.42. The van der Waals surface area contributed by atoms with Gasteiger partial charge in [0.1, 0.15) is 11.8 Å². The van der Waals surface area contributed by atoms with Crippen LogP contribution in [0.3, 0.4) is 0 Å². The third-order valence-corrected chi connectivity index (χ3v) is 5.80. The van der Waals surface area contributed by atoms with Gasteiger partial charge in [-0.2, -0.15) is 0 Å². The molecule has 0 aliphatic carbocycles. The Morgan fingerprint density at radius 3 is 2.31 bits per heavy atom. The summed E-state index contributed by atoms with van der Waals surface area (Å²) in [5.41, 5.74) is 3.76. The summed E-state index contributed by atoms with van der Waals surface area (Å²) in [6.45, 7) is 1.10. The molecule has 5 nitrogen and oxygen atoms in total. The molecule has 2 aromatic carbocycles. The van der Waals surface area contributed by atoms with E-state index in [-0.39, 0.29) is 0 Å². The number of likely N-dealkylation sites (N-methyl/N-ethyl adjacent to an activating group) is 1. The summed E-state index contributed by atoms with van der Waals surface area (Å²) in [5.74, 6) is 3.83. The highest BCUT2D eigenvalue weighted by Gasteiger charge is 2.41. The number of quaternary nitrogens is 1. The molecule has 5 heteroatoms. The van der Waals surface area contributed by atoms with Gasteiger partial charge in [0.15, 0.2) is 23.0 Å². The molecule has 0 fully saturated rings. The number of fused-ring (bicyclic) bond motifs is 1. The zero-order chi connectivity index (χ0) is 18.5. The molecule has 2 heterocycles. The lowest BCUT2D eigenvalue weighted by Crippen LogP contribution is -2.48. The van der Waals surface area contributed by atoms with Crippen molar-refractivity contribution in [3.8, 4) is 28.7 Å². The lowest BCUT2D eigenvalue weighted by atomic mass is 9.87. The van der Waals surface area contributed by atoms with E-state index in [1.165, 1.54) is 11.1 Å². The number of hydrogen-bond acceptors (Lipinski definition) is 4. The van der Waals surface area contributed by atoms with Gasteiger partial charge in [0.2, 0.25) is 0 Å². The predicted octanol–water partition coefficient (Wildman–Crippen LogP) is 3.73. The van der Waals surface area contributed by atoms with E-state index in [1.54, 1.807) is 21.3 Å². The molecule has 26 heavy (non-hydrogen) atoms. The van der Waals surface area contributed by atoms with Crippen LogP contribution in [0.1, 0.15) is 22.7 Å². The van der Waals surface area contributed by atoms with Crippen molar-refractivity contribution in [3.63, 3.8) is 0 Å². The van der Waals surface area contributed by atoms with E-state index in [2.05, 4.69) is 20.2 Å². The zero-order valence-corrected chi connectivity index (χ0v) is 16.1. The summed E-state index contributed by atoms with van der Waals surface area (Å²) in [6.07, 6.45) is 1.93. The Labute approximate surface area is 154 Å². The van der Waals surface area contributed by atoms with Crippen molar-refractivity contribution in [2.24, 2.45) is 0 Å². The van der Waals surface area contributed by atoms with E-state index >= 15 is 0 Å². The van der Waals surface area contributed by atoms with E-state index in [0.29, 0.717) is 11.8 Å². The van der Waals surface area contributed by atoms with Crippen LogP contribution in [-0.2, 0) is 12.8 Å². The Morgan fingerprint density at radius 2 is 1.62 bits per heavy atom. The van der Waals surface area contributed by atoms with Crippen molar-refractivity contribution in [1.82, 2.24) is 0 Å². The highest BCUT2D eigenvalue weighted by molar-refractivity contribution is 5.60. The molecular formula is C21H26NO4+. The monoisotopic (exact) mass is 356 g/mol. The topological polar surface area (TPSA) is 36.9 Å². The van der Waals surface area contributed by atoms with Crippen molar-refractivity contribution in [2.75, 3.05) is 42.0 Å². The maximum Gasteiger partial charge on any atom is 0.178 e. The van der Waals surface area contributed by atoms with Gasteiger partial charge in [-0.25, -0.2) is 0 Å². The maximum atomic E-state index is 6.44. The zero-order valence-electron chi connectivity index (χ0n) is 16.1. The Balaban J connectivity index is 1.96. The van der Waals surface area contributed by atoms with Crippen molar-refractivity contribution < 1.29 is 23.4 Å². The van der Waals surface area contributed by atoms with Crippen LogP contribution in [0, 0.1) is 0 Å². The molecule has 0 bridgehead atoms. The quantitative estimate of drug-likeness (QED) is 0.785. The van der Waals surface area contributed by atoms with Gasteiger partial charge < -0.3 is 23.4 Å². The van der Waals surface area contributed by atoms with Gasteiger partial charge in [0.05, 0.1) is 47.5 Å². The van der Waals surface area contributed by atoms with E-state index in [9.17, 15) is 0 Å². The van der Waals surface area contributed by atoms with Crippen LogP contribution in [0.25, 0.3) is 0 Å². The molecule has 0 saturated carbocycles. The van der Waals surface area contributed by atoms with E-state index in [4.69, 9.17) is 18.9 Å². The molecule has 0 N–H and O–H groups in total. The van der Waals surface area contributed by atoms with Gasteiger partial charge in [0.25, 0.3) is 0 Å². The highest BCUT2D eigenvalue weighted by atomic mass is 16.5. The molecule has 1 atom stereocenters. The number of rotatable bonds is 3. The molecule has 0 saturated heterocycles. The van der Waals surface area contributed by atoms with Crippen LogP contribution >= 0.6 is 0 Å². The fourth-order valence-corrected chi connectivity index (χ4v) is 4.21. The van der Waals surface area contributed by atoms with Gasteiger partial charge >= 0.3 is 0 Å². The molecule has 2 aliphatic heterocycles. The third-order valence-electron chi connectivity index (χ3n) is 5.80. The van der Waals surface area contributed by atoms with Gasteiger partial charge in [-0.15, -0.1) is 0 Å². The average molecular weight is 356 g/mol. The van der Waals surface area contributed by atoms with E-state index < -0.39 is 0 Å². The summed E-state index contributed by atoms with van der Waals surface area (Å²) in [5, 5.41) is 0. The first-order valence-electron chi connectivity index (χ1n) is 8.93. The first-order chi connectivity index (χ1) is 12.5. The normalized spacial score (nSPS) is 19.5. The van der Waals surface area contributed by atoms with E-state index in [1.807, 2.05) is 18.2 Å². The Kier molecular flexibility index (Phi) is 3.99. The summed E-state index contributed by atoms with van der Waals surface area (Å²) < 4.78 is 24.0. The Hall–Kier alpha value is -2.40. The van der Waals surface area contributed by atoms with Gasteiger partial charge in [-0.3, -0.25) is 0 Å². The minimum absolute atomic E-state index is 0.309. The first-order valence-corrected chi connectivity index (χ1v) is 8.93. The van der Waals surface area contributed by atoms with Crippen molar-refractivity contribution >= 4 is 0 Å². The third kappa shape index (κ3) is 2.50.